The molecule has 0 radical (unpaired) electrons. The van der Waals surface area contributed by atoms with Gasteiger partial charge in [0.15, 0.2) is 11.8 Å². The highest BCUT2D eigenvalue weighted by molar-refractivity contribution is 6.09. The van der Waals surface area contributed by atoms with E-state index in [0.29, 0.717) is 17.3 Å². The zero-order valence-electron chi connectivity index (χ0n) is 21.9. The first kappa shape index (κ1) is 21.1. The molecule has 0 bridgehead atoms. The van der Waals surface area contributed by atoms with Gasteiger partial charge in [0.25, 0.3) is 0 Å². The third-order valence-corrected chi connectivity index (χ3v) is 6.53. The summed E-state index contributed by atoms with van der Waals surface area (Å²) in [6.07, 6.45) is 3.15. The van der Waals surface area contributed by atoms with Gasteiger partial charge in [-0.15, -0.1) is 0 Å². The molecule has 0 fully saturated rings. The molecule has 0 saturated heterocycles. The van der Waals surface area contributed by atoms with Crippen LogP contribution >= 0.6 is 0 Å². The summed E-state index contributed by atoms with van der Waals surface area (Å²) in [6, 6.07) is 21.5. The van der Waals surface area contributed by atoms with Crippen LogP contribution in [0.25, 0.3) is 44.5 Å². The first-order valence-corrected chi connectivity index (χ1v) is 12.0. The summed E-state index contributed by atoms with van der Waals surface area (Å²) in [5.41, 5.74) is 9.22. The zero-order chi connectivity index (χ0) is 24.9. The molecule has 3 heteroatoms. The second kappa shape index (κ2) is 8.72. The van der Waals surface area contributed by atoms with Crippen LogP contribution in [0.1, 0.15) is 51.8 Å². The molecule has 3 nitrogen and oxygen atoms in total. The van der Waals surface area contributed by atoms with Crippen molar-refractivity contribution >= 4 is 22.1 Å². The Bertz CT molecular complexity index is 1560. The van der Waals surface area contributed by atoms with Crippen molar-refractivity contribution in [2.75, 3.05) is 0 Å². The van der Waals surface area contributed by atoms with Crippen molar-refractivity contribution < 1.29 is 10.4 Å². The van der Waals surface area contributed by atoms with Crippen LogP contribution < -0.4 is 4.57 Å². The van der Waals surface area contributed by atoms with Gasteiger partial charge < -0.3 is 4.42 Å². The molecule has 5 rings (SSSR count). The molecule has 0 aliphatic carbocycles. The Morgan fingerprint density at radius 2 is 1.76 bits per heavy atom. The molecule has 0 amide bonds. The van der Waals surface area contributed by atoms with Crippen molar-refractivity contribution in [3.05, 3.63) is 83.7 Å². The van der Waals surface area contributed by atoms with Gasteiger partial charge in [-0.1, -0.05) is 64.1 Å². The van der Waals surface area contributed by atoms with Crippen LogP contribution in [0, 0.1) is 12.8 Å². The Morgan fingerprint density at radius 3 is 2.53 bits per heavy atom. The number of aryl methyl sites for hydroxylation is 2. The number of furan rings is 1. The van der Waals surface area contributed by atoms with Gasteiger partial charge in [-0.25, -0.2) is 9.55 Å². The van der Waals surface area contributed by atoms with E-state index in [4.69, 9.17) is 10.8 Å². The summed E-state index contributed by atoms with van der Waals surface area (Å²) < 4.78 is 17.1. The van der Waals surface area contributed by atoms with Crippen molar-refractivity contribution in [3.63, 3.8) is 0 Å². The molecule has 3 heterocycles. The highest BCUT2D eigenvalue weighted by Gasteiger charge is 2.25. The molecule has 0 aliphatic heterocycles. The second-order valence-corrected chi connectivity index (χ2v) is 9.97. The summed E-state index contributed by atoms with van der Waals surface area (Å²) in [4.78, 5) is 4.73. The normalized spacial score (nSPS) is 12.6. The highest BCUT2D eigenvalue weighted by Crippen LogP contribution is 2.40. The van der Waals surface area contributed by atoms with Gasteiger partial charge in [-0.2, -0.15) is 0 Å². The quantitative estimate of drug-likeness (QED) is 0.256. The minimum Gasteiger partial charge on any atom is -0.437 e. The molecule has 172 valence electrons. The Kier molecular flexibility index (Phi) is 5.41. The van der Waals surface area contributed by atoms with Crippen LogP contribution in [-0.2, 0) is 13.5 Å². The van der Waals surface area contributed by atoms with E-state index in [1.807, 2.05) is 26.0 Å². The van der Waals surface area contributed by atoms with E-state index in [9.17, 15) is 0 Å². The smallest absolute Gasteiger partial charge is 0.227 e. The van der Waals surface area contributed by atoms with Crippen molar-refractivity contribution in [2.24, 2.45) is 13.0 Å². The summed E-state index contributed by atoms with van der Waals surface area (Å²) in [6.45, 7) is 10.4. The van der Waals surface area contributed by atoms with E-state index < -0.39 is 5.89 Å². The zero-order valence-corrected chi connectivity index (χ0v) is 20.9. The Balaban J connectivity index is 1.78. The lowest BCUT2D eigenvalue weighted by molar-refractivity contribution is -0.659. The molecule has 0 N–H and O–H groups in total. The number of hydrogen-bond acceptors (Lipinski definition) is 2. The number of aromatic nitrogens is 2. The van der Waals surface area contributed by atoms with Crippen LogP contribution in [0.5, 0.6) is 0 Å². The predicted octanol–water partition coefficient (Wildman–Crippen LogP) is 7.77. The van der Waals surface area contributed by atoms with E-state index in [-0.39, 0.29) is 0 Å². The molecule has 3 aromatic heterocycles. The number of benzene rings is 2. The van der Waals surface area contributed by atoms with Crippen LogP contribution in [0.15, 0.2) is 71.3 Å². The fraction of sp³-hybridized carbons (Fsp3) is 0.290. The van der Waals surface area contributed by atoms with Crippen molar-refractivity contribution in [2.45, 2.75) is 46.9 Å². The number of nitrogens with zero attached hydrogens (tertiary/aromatic N) is 2. The van der Waals surface area contributed by atoms with Gasteiger partial charge >= 0.3 is 0 Å². The highest BCUT2D eigenvalue weighted by atomic mass is 16.3. The van der Waals surface area contributed by atoms with Gasteiger partial charge in [-0.3, -0.25) is 0 Å². The first-order valence-electron chi connectivity index (χ1n) is 12.5. The molecule has 5 aromatic rings. The lowest BCUT2D eigenvalue weighted by Gasteiger charge is -2.12. The summed E-state index contributed by atoms with van der Waals surface area (Å²) in [7, 11) is 2.09. The molecule has 0 saturated carbocycles. The van der Waals surface area contributed by atoms with Crippen LogP contribution in [0.4, 0.5) is 0 Å². The van der Waals surface area contributed by atoms with E-state index in [1.165, 1.54) is 16.7 Å². The van der Waals surface area contributed by atoms with Gasteiger partial charge in [0.2, 0.25) is 11.4 Å². The molecule has 0 aliphatic rings. The van der Waals surface area contributed by atoms with E-state index >= 15 is 0 Å². The molecule has 0 spiro atoms. The number of pyridine rings is 2. The number of fused-ring (bicyclic) bond motifs is 3. The van der Waals surface area contributed by atoms with Gasteiger partial charge in [0.1, 0.15) is 7.05 Å². The maximum Gasteiger partial charge on any atom is 0.227 e. The fourth-order valence-electron chi connectivity index (χ4n) is 4.88. The van der Waals surface area contributed by atoms with Crippen LogP contribution in [0.2, 0.25) is 0 Å². The lowest BCUT2D eigenvalue weighted by Crippen LogP contribution is -2.31. The Labute approximate surface area is 203 Å². The average molecular weight is 451 g/mol. The van der Waals surface area contributed by atoms with Crippen molar-refractivity contribution in [3.8, 4) is 22.4 Å². The van der Waals surface area contributed by atoms with Crippen LogP contribution in [0.3, 0.4) is 0 Å². The van der Waals surface area contributed by atoms with Gasteiger partial charge in [0.05, 0.1) is 11.1 Å². The average Bonchev–Trinajstić information content (AvgIpc) is 3.16. The largest absolute Gasteiger partial charge is 0.437 e. The molecular formula is C31H33N2O+. The van der Waals surface area contributed by atoms with Crippen LogP contribution in [-0.4, -0.2) is 4.98 Å². The van der Waals surface area contributed by atoms with E-state index in [0.717, 1.165) is 39.6 Å². The Morgan fingerprint density at radius 1 is 0.971 bits per heavy atom. The maximum atomic E-state index is 8.40. The SMILES string of the molecule is [2H]C(C)(C)c1ccc2c(n1)oc1c(-c3c(-c4cccc(CC(C)C)c4)ccc[n+]3C)c(C)ccc12. The third-order valence-electron chi connectivity index (χ3n) is 6.53. The monoisotopic (exact) mass is 450 g/mol. The summed E-state index contributed by atoms with van der Waals surface area (Å²) >= 11 is 0. The molecule has 0 atom stereocenters. The standard InChI is InChI=1S/C31H33N2O/c1-19(2)17-22-9-7-10-23(18-22)24-11-8-16-33(6)29(24)28-21(5)12-13-25-26-14-15-27(20(3)4)32-31(26)34-30(25)28/h7-16,18-20H,17H2,1-6H3/q+1/i20D. The predicted molar refractivity (Wildman–Crippen MR) is 141 cm³/mol. The van der Waals surface area contributed by atoms with E-state index in [1.54, 1.807) is 0 Å². The fourth-order valence-corrected chi connectivity index (χ4v) is 4.88. The van der Waals surface area contributed by atoms with Gasteiger partial charge in [-0.05, 0) is 60.0 Å². The second-order valence-electron chi connectivity index (χ2n) is 9.97. The molecular weight excluding hydrogens is 416 g/mol. The van der Waals surface area contributed by atoms with E-state index in [2.05, 4.69) is 87.1 Å². The van der Waals surface area contributed by atoms with Crippen molar-refractivity contribution in [1.82, 2.24) is 4.98 Å². The first-order chi connectivity index (χ1) is 16.6. The summed E-state index contributed by atoms with van der Waals surface area (Å²) in [5.74, 6) is -0.180. The molecule has 0 unspecified atom stereocenters. The Hall–Kier alpha value is -3.46. The minimum absolute atomic E-state index is 0.587. The minimum atomic E-state index is -0.786. The van der Waals surface area contributed by atoms with Crippen molar-refractivity contribution in [1.29, 1.82) is 0 Å². The van der Waals surface area contributed by atoms with Gasteiger partial charge in [0, 0.05) is 23.9 Å². The topological polar surface area (TPSA) is 29.9 Å². The number of hydrogen-bond donors (Lipinski definition) is 0. The maximum absolute atomic E-state index is 8.40. The third kappa shape index (κ3) is 3.90. The lowest BCUT2D eigenvalue weighted by atomic mass is 9.92. The number of rotatable bonds is 5. The summed E-state index contributed by atoms with van der Waals surface area (Å²) in [5, 5.41) is 2.03. The molecule has 2 aromatic carbocycles. The molecule has 34 heavy (non-hydrogen) atoms.